The summed E-state index contributed by atoms with van der Waals surface area (Å²) in [7, 11) is 0. The highest BCUT2D eigenvalue weighted by Crippen LogP contribution is 2.16. The van der Waals surface area contributed by atoms with Crippen molar-refractivity contribution in [3.05, 3.63) is 83.9 Å². The fourth-order valence-corrected chi connectivity index (χ4v) is 2.66. The van der Waals surface area contributed by atoms with Crippen LogP contribution < -0.4 is 10.7 Å². The lowest BCUT2D eigenvalue weighted by Gasteiger charge is -2.13. The average molecular weight is 345 g/mol. The highest BCUT2D eigenvalue weighted by atomic mass is 16.2. The van der Waals surface area contributed by atoms with Gasteiger partial charge in [0.05, 0.1) is 12.3 Å². The van der Waals surface area contributed by atoms with Gasteiger partial charge in [0.15, 0.2) is 0 Å². The summed E-state index contributed by atoms with van der Waals surface area (Å²) in [6.07, 6.45) is 1.54. The van der Waals surface area contributed by atoms with Crippen LogP contribution in [0.2, 0.25) is 0 Å². The molecule has 0 heterocycles. The molecule has 0 unspecified atom stereocenters. The van der Waals surface area contributed by atoms with Crippen LogP contribution >= 0.6 is 0 Å². The minimum absolute atomic E-state index is 0.267. The van der Waals surface area contributed by atoms with E-state index < -0.39 is 11.8 Å². The Labute approximate surface area is 151 Å². The van der Waals surface area contributed by atoms with E-state index in [9.17, 15) is 9.59 Å². The maximum atomic E-state index is 12.0. The average Bonchev–Trinajstić information content (AvgIpc) is 2.68. The lowest BCUT2D eigenvalue weighted by molar-refractivity contribution is -0.139. The molecule has 0 aliphatic heterocycles. The first kappa shape index (κ1) is 17.4. The van der Waals surface area contributed by atoms with E-state index in [0.29, 0.717) is 0 Å². The molecule has 5 nitrogen and oxygen atoms in total. The molecule has 2 N–H and O–H groups in total. The zero-order valence-electron chi connectivity index (χ0n) is 14.3. The van der Waals surface area contributed by atoms with Crippen molar-refractivity contribution >= 4 is 28.8 Å². The molecule has 0 bridgehead atoms. The third-order valence-electron chi connectivity index (χ3n) is 4.05. The Hall–Kier alpha value is -3.47. The first-order valence-electron chi connectivity index (χ1n) is 8.32. The molecule has 0 aliphatic carbocycles. The molecule has 0 saturated carbocycles. The number of hydrogen-bond donors (Lipinski definition) is 2. The minimum atomic E-state index is -0.802. The molecule has 3 aromatic carbocycles. The number of nitrogens with one attached hydrogen (secondary N) is 2. The molecule has 3 rings (SSSR count). The number of carbonyl (C=O) groups is 2. The van der Waals surface area contributed by atoms with E-state index in [-0.39, 0.29) is 6.04 Å². The Morgan fingerprint density at radius 2 is 1.58 bits per heavy atom. The minimum Gasteiger partial charge on any atom is -0.341 e. The second-order valence-electron chi connectivity index (χ2n) is 5.87. The molecule has 3 aromatic rings. The summed E-state index contributed by atoms with van der Waals surface area (Å²) in [5.41, 5.74) is 4.06. The maximum absolute atomic E-state index is 12.0. The first-order chi connectivity index (χ1) is 12.6. The van der Waals surface area contributed by atoms with E-state index in [2.05, 4.69) is 15.8 Å². The van der Waals surface area contributed by atoms with Gasteiger partial charge in [-0.3, -0.25) is 9.59 Å². The number of amides is 2. The quantitative estimate of drug-likeness (QED) is 0.433. The predicted octanol–water partition coefficient (Wildman–Crippen LogP) is 3.17. The van der Waals surface area contributed by atoms with Crippen molar-refractivity contribution < 1.29 is 9.59 Å². The third-order valence-corrected chi connectivity index (χ3v) is 4.05. The Balaban J connectivity index is 1.61. The predicted molar refractivity (Wildman–Crippen MR) is 103 cm³/mol. The van der Waals surface area contributed by atoms with Crippen LogP contribution in [0.1, 0.15) is 24.1 Å². The van der Waals surface area contributed by atoms with Crippen molar-refractivity contribution in [1.82, 2.24) is 10.7 Å². The maximum Gasteiger partial charge on any atom is 0.329 e. The molecule has 0 radical (unpaired) electrons. The Morgan fingerprint density at radius 1 is 0.885 bits per heavy atom. The third kappa shape index (κ3) is 4.13. The largest absolute Gasteiger partial charge is 0.341 e. The van der Waals surface area contributed by atoms with Gasteiger partial charge in [0, 0.05) is 5.56 Å². The van der Waals surface area contributed by atoms with Gasteiger partial charge in [-0.1, -0.05) is 72.8 Å². The van der Waals surface area contributed by atoms with E-state index in [1.807, 2.05) is 79.7 Å². The number of hydrogen-bond acceptors (Lipinski definition) is 3. The second-order valence-corrected chi connectivity index (χ2v) is 5.87. The van der Waals surface area contributed by atoms with E-state index >= 15 is 0 Å². The summed E-state index contributed by atoms with van der Waals surface area (Å²) in [6, 6.07) is 22.9. The van der Waals surface area contributed by atoms with Gasteiger partial charge >= 0.3 is 11.8 Å². The number of benzene rings is 3. The van der Waals surface area contributed by atoms with Gasteiger partial charge in [0.2, 0.25) is 0 Å². The zero-order chi connectivity index (χ0) is 18.4. The Bertz CT molecular complexity index is 946. The van der Waals surface area contributed by atoms with Crippen LogP contribution in [-0.4, -0.2) is 18.0 Å². The number of nitrogens with zero attached hydrogens (tertiary/aromatic N) is 1. The molecule has 5 heteroatoms. The highest BCUT2D eigenvalue weighted by molar-refractivity contribution is 6.35. The van der Waals surface area contributed by atoms with Crippen LogP contribution in [0.3, 0.4) is 0 Å². The fourth-order valence-electron chi connectivity index (χ4n) is 2.66. The van der Waals surface area contributed by atoms with Gasteiger partial charge in [-0.05, 0) is 23.3 Å². The summed E-state index contributed by atoms with van der Waals surface area (Å²) < 4.78 is 0. The van der Waals surface area contributed by atoms with Crippen molar-refractivity contribution in [2.24, 2.45) is 5.10 Å². The Morgan fingerprint density at radius 3 is 2.38 bits per heavy atom. The summed E-state index contributed by atoms with van der Waals surface area (Å²) in [4.78, 5) is 23.9. The van der Waals surface area contributed by atoms with Crippen molar-refractivity contribution in [2.75, 3.05) is 0 Å². The summed E-state index contributed by atoms with van der Waals surface area (Å²) >= 11 is 0. The van der Waals surface area contributed by atoms with E-state index in [1.165, 1.54) is 6.21 Å². The molecule has 0 fully saturated rings. The van der Waals surface area contributed by atoms with Crippen LogP contribution in [0, 0.1) is 0 Å². The fraction of sp³-hybridized carbons (Fsp3) is 0.0952. The molecule has 130 valence electrons. The van der Waals surface area contributed by atoms with Crippen molar-refractivity contribution in [3.8, 4) is 0 Å². The molecular weight excluding hydrogens is 326 g/mol. The van der Waals surface area contributed by atoms with Gasteiger partial charge in [0.1, 0.15) is 0 Å². The smallest absolute Gasteiger partial charge is 0.329 e. The molecule has 0 saturated heterocycles. The normalized spacial score (nSPS) is 12.0. The molecule has 0 aliphatic rings. The second kappa shape index (κ2) is 8.07. The van der Waals surface area contributed by atoms with Crippen molar-refractivity contribution in [3.63, 3.8) is 0 Å². The topological polar surface area (TPSA) is 70.6 Å². The standard InChI is InChI=1S/C21H19N3O2/c1-15(16-8-3-2-4-9-16)23-20(25)21(26)24-22-14-18-12-7-11-17-10-5-6-13-19(17)18/h2-15H,1H3,(H,23,25)(H,24,26)/b22-14-/t15-/m1/s1. The van der Waals surface area contributed by atoms with E-state index in [0.717, 1.165) is 21.9 Å². The number of rotatable bonds is 4. The molecule has 1 atom stereocenters. The number of hydrazone groups is 1. The zero-order valence-corrected chi connectivity index (χ0v) is 14.3. The molecule has 0 spiro atoms. The van der Waals surface area contributed by atoms with Crippen LogP contribution in [0.15, 0.2) is 77.9 Å². The van der Waals surface area contributed by atoms with Gasteiger partial charge in [0.25, 0.3) is 0 Å². The van der Waals surface area contributed by atoms with Crippen molar-refractivity contribution in [1.29, 1.82) is 0 Å². The van der Waals surface area contributed by atoms with Gasteiger partial charge in [-0.2, -0.15) is 5.10 Å². The van der Waals surface area contributed by atoms with Crippen LogP contribution in [0.4, 0.5) is 0 Å². The molecular formula is C21H19N3O2. The molecule has 26 heavy (non-hydrogen) atoms. The molecule has 2 amide bonds. The lowest BCUT2D eigenvalue weighted by atomic mass is 10.1. The van der Waals surface area contributed by atoms with Gasteiger partial charge < -0.3 is 5.32 Å². The number of fused-ring (bicyclic) bond motifs is 1. The molecule has 0 aromatic heterocycles. The summed E-state index contributed by atoms with van der Waals surface area (Å²) in [6.45, 7) is 1.82. The van der Waals surface area contributed by atoms with Gasteiger partial charge in [-0.25, -0.2) is 5.43 Å². The van der Waals surface area contributed by atoms with Gasteiger partial charge in [-0.15, -0.1) is 0 Å². The monoisotopic (exact) mass is 345 g/mol. The number of carbonyl (C=O) groups excluding carboxylic acids is 2. The highest BCUT2D eigenvalue weighted by Gasteiger charge is 2.16. The Kier molecular flexibility index (Phi) is 5.39. The van der Waals surface area contributed by atoms with Crippen LogP contribution in [-0.2, 0) is 9.59 Å². The summed E-state index contributed by atoms with van der Waals surface area (Å²) in [5.74, 6) is -1.53. The van der Waals surface area contributed by atoms with E-state index in [4.69, 9.17) is 0 Å². The van der Waals surface area contributed by atoms with Crippen molar-refractivity contribution in [2.45, 2.75) is 13.0 Å². The summed E-state index contributed by atoms with van der Waals surface area (Å²) in [5, 5.41) is 8.66. The van der Waals surface area contributed by atoms with E-state index in [1.54, 1.807) is 0 Å². The SMILES string of the molecule is C[C@@H](NC(=O)C(=O)N/N=C\c1cccc2ccccc12)c1ccccc1. The van der Waals surface area contributed by atoms with Crippen LogP contribution in [0.25, 0.3) is 10.8 Å². The van der Waals surface area contributed by atoms with Crippen LogP contribution in [0.5, 0.6) is 0 Å². The first-order valence-corrected chi connectivity index (χ1v) is 8.32. The lowest BCUT2D eigenvalue weighted by Crippen LogP contribution is -2.39.